The van der Waals surface area contributed by atoms with E-state index in [-0.39, 0.29) is 0 Å². The number of benzene rings is 1. The van der Waals surface area contributed by atoms with Crippen molar-refractivity contribution in [1.29, 1.82) is 0 Å². The molecule has 0 atom stereocenters. The molecule has 0 aliphatic carbocycles. The minimum absolute atomic E-state index is 0.635. The first-order chi connectivity index (χ1) is 30.2. The molecule has 0 aromatic heterocycles. The van der Waals surface area contributed by atoms with Crippen LogP contribution in [0.25, 0.3) is 0 Å². The number of unbranched alkanes of at least 4 members (excludes halogenated alkanes) is 35. The first-order valence-electron chi connectivity index (χ1n) is 27.5. The molecular formula is C56H105O5. The lowest BCUT2D eigenvalue weighted by atomic mass is 10.1. The molecule has 1 radical (unpaired) electrons. The Morgan fingerprint density at radius 2 is 0.393 bits per heavy atom. The summed E-state index contributed by atoms with van der Waals surface area (Å²) in [6.45, 7) is 14.7. The van der Waals surface area contributed by atoms with Crippen molar-refractivity contribution in [2.45, 2.75) is 291 Å². The largest absolute Gasteiger partial charge is 0.489 e. The molecule has 5 heteroatoms. The predicted octanol–water partition coefficient (Wildman–Crippen LogP) is 19.1. The standard InChI is InChI=1S/C56H105O5/c1-6-11-16-21-26-31-36-41-46-57-52-51-53(58-47-42-37-32-27-22-17-12-7-2)55(60-49-44-39-34-29-24-19-14-9-4)56(61-50-45-40-35-30-25-20-15-10-5)54(52)59-48-43-38-33-28-23-18-13-8-3/h6-50H2,1-5H3. The maximum absolute atomic E-state index is 6.81. The third kappa shape index (κ3) is 34.3. The van der Waals surface area contributed by atoms with Gasteiger partial charge < -0.3 is 23.7 Å². The molecule has 0 saturated carbocycles. The lowest BCUT2D eigenvalue weighted by Crippen LogP contribution is -2.11. The SMILES string of the molecule is CCCCCCCCCCOc1[c]c(OCCCCCCCCCC)c(OCCCCCCCCCC)c(OCCCCCCCCCC)c1OCCCCCCCCCC. The maximum Gasteiger partial charge on any atom is 0.211 e. The number of hydrogen-bond acceptors (Lipinski definition) is 5. The van der Waals surface area contributed by atoms with E-state index in [4.69, 9.17) is 23.7 Å². The van der Waals surface area contributed by atoms with Crippen LogP contribution in [0.2, 0.25) is 0 Å². The maximum atomic E-state index is 6.81. The van der Waals surface area contributed by atoms with Crippen molar-refractivity contribution < 1.29 is 23.7 Å². The molecule has 0 aliphatic rings. The summed E-state index contributed by atoms with van der Waals surface area (Å²) < 4.78 is 33.6. The van der Waals surface area contributed by atoms with Crippen LogP contribution in [0, 0.1) is 6.07 Å². The fraction of sp³-hybridized carbons (Fsp3) is 0.893. The van der Waals surface area contributed by atoms with E-state index in [1.54, 1.807) is 0 Å². The number of hydrogen-bond donors (Lipinski definition) is 0. The van der Waals surface area contributed by atoms with Crippen molar-refractivity contribution >= 4 is 0 Å². The van der Waals surface area contributed by atoms with Crippen LogP contribution in [-0.2, 0) is 0 Å². The Morgan fingerprint density at radius 1 is 0.213 bits per heavy atom. The van der Waals surface area contributed by atoms with Gasteiger partial charge in [0.05, 0.1) is 39.1 Å². The first kappa shape index (κ1) is 57.2. The summed E-state index contributed by atoms with van der Waals surface area (Å²) in [4.78, 5) is 0. The molecule has 0 saturated heterocycles. The molecule has 1 rings (SSSR count). The average molecular weight is 858 g/mol. The van der Waals surface area contributed by atoms with Crippen molar-refractivity contribution in [1.82, 2.24) is 0 Å². The van der Waals surface area contributed by atoms with E-state index in [2.05, 4.69) is 40.7 Å². The highest BCUT2D eigenvalue weighted by Crippen LogP contribution is 2.51. The summed E-state index contributed by atoms with van der Waals surface area (Å²) in [6.07, 6.45) is 50.7. The van der Waals surface area contributed by atoms with Gasteiger partial charge in [-0.25, -0.2) is 0 Å². The first-order valence-corrected chi connectivity index (χ1v) is 27.5. The monoisotopic (exact) mass is 858 g/mol. The van der Waals surface area contributed by atoms with E-state index in [1.165, 1.54) is 225 Å². The molecule has 0 spiro atoms. The van der Waals surface area contributed by atoms with Crippen LogP contribution in [0.1, 0.15) is 291 Å². The van der Waals surface area contributed by atoms with Gasteiger partial charge in [0.25, 0.3) is 0 Å². The Bertz CT molecular complexity index is 960. The normalized spacial score (nSPS) is 11.4. The van der Waals surface area contributed by atoms with E-state index >= 15 is 0 Å². The quantitative estimate of drug-likeness (QED) is 0.0611. The van der Waals surface area contributed by atoms with Gasteiger partial charge >= 0.3 is 0 Å². The third-order valence-electron chi connectivity index (χ3n) is 12.3. The van der Waals surface area contributed by atoms with Gasteiger partial charge in [-0.15, -0.1) is 0 Å². The van der Waals surface area contributed by atoms with Crippen LogP contribution < -0.4 is 23.7 Å². The van der Waals surface area contributed by atoms with Crippen LogP contribution in [-0.4, -0.2) is 33.0 Å². The topological polar surface area (TPSA) is 46.2 Å². The zero-order chi connectivity index (χ0) is 43.9. The second-order valence-electron chi connectivity index (χ2n) is 18.4. The molecule has 0 aliphatic heterocycles. The predicted molar refractivity (Wildman–Crippen MR) is 266 cm³/mol. The Kier molecular flexibility index (Phi) is 43.4. The summed E-state index contributed by atoms with van der Waals surface area (Å²) >= 11 is 0. The molecule has 359 valence electrons. The van der Waals surface area contributed by atoms with Crippen LogP contribution in [0.4, 0.5) is 0 Å². The fourth-order valence-electron chi connectivity index (χ4n) is 8.17. The Balaban J connectivity index is 3.27. The smallest absolute Gasteiger partial charge is 0.211 e. The van der Waals surface area contributed by atoms with Gasteiger partial charge in [0.2, 0.25) is 17.2 Å². The summed E-state index contributed by atoms with van der Waals surface area (Å²) in [6, 6.07) is 3.59. The van der Waals surface area contributed by atoms with Gasteiger partial charge in [-0.1, -0.05) is 259 Å². The van der Waals surface area contributed by atoms with Gasteiger partial charge in [0.1, 0.15) is 0 Å². The number of ether oxygens (including phenoxy) is 5. The molecular weight excluding hydrogens is 753 g/mol. The molecule has 0 bridgehead atoms. The van der Waals surface area contributed by atoms with Gasteiger partial charge in [0.15, 0.2) is 11.5 Å². The Hall–Kier alpha value is -1.78. The zero-order valence-electron chi connectivity index (χ0n) is 41.9. The highest BCUT2D eigenvalue weighted by Gasteiger charge is 2.26. The van der Waals surface area contributed by atoms with Crippen LogP contribution in [0.5, 0.6) is 28.7 Å². The van der Waals surface area contributed by atoms with Crippen LogP contribution >= 0.6 is 0 Å². The van der Waals surface area contributed by atoms with Crippen LogP contribution in [0.3, 0.4) is 0 Å². The summed E-state index contributed by atoms with van der Waals surface area (Å²) in [5.41, 5.74) is 0. The van der Waals surface area contributed by atoms with E-state index < -0.39 is 0 Å². The van der Waals surface area contributed by atoms with Crippen molar-refractivity contribution in [3.05, 3.63) is 6.07 Å². The minimum atomic E-state index is 0.635. The van der Waals surface area contributed by atoms with E-state index in [0.29, 0.717) is 61.8 Å². The van der Waals surface area contributed by atoms with Gasteiger partial charge in [0, 0.05) is 0 Å². The molecule has 0 fully saturated rings. The van der Waals surface area contributed by atoms with Gasteiger partial charge in [-0.3, -0.25) is 0 Å². The molecule has 0 heterocycles. The van der Waals surface area contributed by atoms with Crippen molar-refractivity contribution in [2.75, 3.05) is 33.0 Å². The fourth-order valence-corrected chi connectivity index (χ4v) is 8.17. The van der Waals surface area contributed by atoms with E-state index in [9.17, 15) is 0 Å². The zero-order valence-corrected chi connectivity index (χ0v) is 41.9. The Morgan fingerprint density at radius 3 is 0.623 bits per heavy atom. The summed E-state index contributed by atoms with van der Waals surface area (Å²) in [7, 11) is 0. The van der Waals surface area contributed by atoms with Crippen molar-refractivity contribution in [2.24, 2.45) is 0 Å². The molecule has 0 amide bonds. The molecule has 61 heavy (non-hydrogen) atoms. The summed E-state index contributed by atoms with van der Waals surface area (Å²) in [5.74, 6) is 3.30. The van der Waals surface area contributed by atoms with Crippen molar-refractivity contribution in [3.8, 4) is 28.7 Å². The van der Waals surface area contributed by atoms with Gasteiger partial charge in [-0.2, -0.15) is 0 Å². The van der Waals surface area contributed by atoms with Crippen molar-refractivity contribution in [3.63, 3.8) is 0 Å². The van der Waals surface area contributed by atoms with E-state index in [1.807, 2.05) is 0 Å². The average Bonchev–Trinajstić information content (AvgIpc) is 3.27. The summed E-state index contributed by atoms with van der Waals surface area (Å²) in [5, 5.41) is 0. The van der Waals surface area contributed by atoms with E-state index in [0.717, 1.165) is 32.1 Å². The Labute approximate surface area is 381 Å². The molecule has 0 unspecified atom stereocenters. The minimum Gasteiger partial charge on any atom is -0.489 e. The lowest BCUT2D eigenvalue weighted by Gasteiger charge is -2.23. The van der Waals surface area contributed by atoms with Gasteiger partial charge in [-0.05, 0) is 32.1 Å². The third-order valence-corrected chi connectivity index (χ3v) is 12.3. The highest BCUT2D eigenvalue weighted by atomic mass is 16.6. The second kappa shape index (κ2) is 46.2. The molecule has 0 N–H and O–H groups in total. The molecule has 1 aromatic rings. The van der Waals surface area contributed by atoms with Crippen LogP contribution in [0.15, 0.2) is 0 Å². The highest BCUT2D eigenvalue weighted by molar-refractivity contribution is 5.65. The number of rotatable bonds is 50. The molecule has 5 nitrogen and oxygen atoms in total. The lowest BCUT2D eigenvalue weighted by molar-refractivity contribution is 0.206. The second-order valence-corrected chi connectivity index (χ2v) is 18.4. The molecule has 1 aromatic carbocycles.